The van der Waals surface area contributed by atoms with Crippen LogP contribution in [0.15, 0.2) is 18.3 Å². The predicted octanol–water partition coefficient (Wildman–Crippen LogP) is 2.25. The molecule has 1 N–H and O–H groups in total. The lowest BCUT2D eigenvalue weighted by atomic mass is 9.92. The lowest BCUT2D eigenvalue weighted by Gasteiger charge is -2.35. The van der Waals surface area contributed by atoms with Crippen LogP contribution in [-0.2, 0) is 10.9 Å². The summed E-state index contributed by atoms with van der Waals surface area (Å²) in [6, 6.07) is 1.30. The highest BCUT2D eigenvalue weighted by Gasteiger charge is 2.36. The predicted molar refractivity (Wildman–Crippen MR) is 69.9 cm³/mol. The third-order valence-corrected chi connectivity index (χ3v) is 3.66. The van der Waals surface area contributed by atoms with Gasteiger partial charge in [0.2, 0.25) is 5.88 Å². The fourth-order valence-electron chi connectivity index (χ4n) is 2.73. The van der Waals surface area contributed by atoms with Crippen LogP contribution in [0.1, 0.15) is 17.5 Å². The van der Waals surface area contributed by atoms with Gasteiger partial charge in [-0.3, -0.25) is 0 Å². The summed E-state index contributed by atoms with van der Waals surface area (Å²) in [4.78, 5) is 3.80. The Hall–Kier alpha value is -1.60. The standard InChI is InChI=1S/C14H15F3N2O2/c1-20-13-12(14(15,16)17)4-9(5-18-13)8-2-10-6-21-7-11(3-8)19-10/h2,4-5,10-11,19H,3,6-7H2,1H3. The zero-order valence-electron chi connectivity index (χ0n) is 11.4. The fraction of sp³-hybridized carbons (Fsp3) is 0.500. The lowest BCUT2D eigenvalue weighted by Crippen LogP contribution is -2.50. The summed E-state index contributed by atoms with van der Waals surface area (Å²) in [5.41, 5.74) is 0.512. The molecule has 2 aliphatic rings. The number of fused-ring (bicyclic) bond motifs is 2. The maximum absolute atomic E-state index is 13.0. The van der Waals surface area contributed by atoms with Gasteiger partial charge >= 0.3 is 6.18 Å². The van der Waals surface area contributed by atoms with Crippen molar-refractivity contribution in [2.24, 2.45) is 0 Å². The van der Waals surface area contributed by atoms with Gasteiger partial charge in [-0.1, -0.05) is 6.08 Å². The largest absolute Gasteiger partial charge is 0.481 e. The second-order valence-electron chi connectivity index (χ2n) is 5.18. The molecule has 3 heterocycles. The Morgan fingerprint density at radius 2 is 2.19 bits per heavy atom. The average Bonchev–Trinajstić information content (AvgIpc) is 2.45. The molecule has 2 aliphatic heterocycles. The number of ether oxygens (including phenoxy) is 2. The average molecular weight is 300 g/mol. The topological polar surface area (TPSA) is 43.4 Å². The molecule has 0 spiro atoms. The van der Waals surface area contributed by atoms with Gasteiger partial charge in [-0.25, -0.2) is 4.98 Å². The molecule has 1 aromatic rings. The lowest BCUT2D eigenvalue weighted by molar-refractivity contribution is -0.139. The Bertz CT molecular complexity index is 572. The minimum atomic E-state index is -4.49. The van der Waals surface area contributed by atoms with E-state index in [2.05, 4.69) is 10.3 Å². The van der Waals surface area contributed by atoms with Gasteiger partial charge in [-0.2, -0.15) is 13.2 Å². The number of hydrogen-bond acceptors (Lipinski definition) is 4. The van der Waals surface area contributed by atoms with E-state index in [1.165, 1.54) is 13.3 Å². The number of hydrogen-bond donors (Lipinski definition) is 1. The highest BCUT2D eigenvalue weighted by Crippen LogP contribution is 2.37. The number of halogens is 3. The van der Waals surface area contributed by atoms with Gasteiger partial charge in [-0.15, -0.1) is 0 Å². The number of rotatable bonds is 2. The van der Waals surface area contributed by atoms with Gasteiger partial charge in [0.15, 0.2) is 0 Å². The van der Waals surface area contributed by atoms with Gasteiger partial charge in [0, 0.05) is 18.3 Å². The van der Waals surface area contributed by atoms with E-state index in [4.69, 9.17) is 9.47 Å². The van der Waals surface area contributed by atoms with Gasteiger partial charge in [0.1, 0.15) is 5.56 Å². The van der Waals surface area contributed by atoms with Crippen molar-refractivity contribution >= 4 is 5.57 Å². The first-order valence-electron chi connectivity index (χ1n) is 6.63. The molecule has 4 nitrogen and oxygen atoms in total. The van der Waals surface area contributed by atoms with Crippen molar-refractivity contribution in [2.75, 3.05) is 20.3 Å². The molecule has 0 amide bonds. The second-order valence-corrected chi connectivity index (χ2v) is 5.18. The van der Waals surface area contributed by atoms with Crippen molar-refractivity contribution in [3.63, 3.8) is 0 Å². The summed E-state index contributed by atoms with van der Waals surface area (Å²) in [6.45, 7) is 1.11. The quantitative estimate of drug-likeness (QED) is 0.910. The third-order valence-electron chi connectivity index (χ3n) is 3.66. The highest BCUT2D eigenvalue weighted by molar-refractivity contribution is 5.68. The van der Waals surface area contributed by atoms with Crippen molar-refractivity contribution < 1.29 is 22.6 Å². The van der Waals surface area contributed by atoms with Gasteiger partial charge < -0.3 is 14.8 Å². The Morgan fingerprint density at radius 3 is 2.86 bits per heavy atom. The first-order valence-corrected chi connectivity index (χ1v) is 6.63. The number of alkyl halides is 3. The summed E-state index contributed by atoms with van der Waals surface area (Å²) in [7, 11) is 1.18. The maximum atomic E-state index is 13.0. The molecule has 0 aliphatic carbocycles. The van der Waals surface area contributed by atoms with E-state index in [0.29, 0.717) is 25.2 Å². The van der Waals surface area contributed by atoms with E-state index in [1.807, 2.05) is 6.08 Å². The first-order chi connectivity index (χ1) is 9.97. The number of aromatic nitrogens is 1. The van der Waals surface area contributed by atoms with E-state index < -0.39 is 17.6 Å². The molecule has 0 radical (unpaired) electrons. The van der Waals surface area contributed by atoms with Crippen LogP contribution in [0.25, 0.3) is 5.57 Å². The molecule has 2 bridgehead atoms. The van der Waals surface area contributed by atoms with E-state index >= 15 is 0 Å². The number of nitrogens with zero attached hydrogens (tertiary/aromatic N) is 1. The van der Waals surface area contributed by atoms with Crippen molar-refractivity contribution in [1.29, 1.82) is 0 Å². The minimum Gasteiger partial charge on any atom is -0.481 e. The van der Waals surface area contributed by atoms with E-state index in [1.54, 1.807) is 0 Å². The summed E-state index contributed by atoms with van der Waals surface area (Å²) < 4.78 is 49.2. The van der Waals surface area contributed by atoms with E-state index in [0.717, 1.165) is 11.6 Å². The molecule has 3 rings (SSSR count). The summed E-state index contributed by atoms with van der Waals surface area (Å²) >= 11 is 0. The fourth-order valence-corrected chi connectivity index (χ4v) is 2.73. The maximum Gasteiger partial charge on any atom is 0.421 e. The number of pyridine rings is 1. The Morgan fingerprint density at radius 1 is 1.38 bits per heavy atom. The normalized spacial score (nSPS) is 25.4. The SMILES string of the molecule is COc1ncc(C2=CC3COCC(C2)N3)cc1C(F)(F)F. The number of nitrogens with one attached hydrogen (secondary N) is 1. The number of morpholine rings is 1. The van der Waals surface area contributed by atoms with Crippen LogP contribution in [0.4, 0.5) is 13.2 Å². The van der Waals surface area contributed by atoms with Crippen molar-refractivity contribution in [1.82, 2.24) is 10.3 Å². The monoisotopic (exact) mass is 300 g/mol. The van der Waals surface area contributed by atoms with Crippen LogP contribution in [0.3, 0.4) is 0 Å². The Balaban J connectivity index is 1.98. The molecule has 7 heteroatoms. The molecule has 1 fully saturated rings. The highest BCUT2D eigenvalue weighted by atomic mass is 19.4. The van der Waals surface area contributed by atoms with Gasteiger partial charge in [0.25, 0.3) is 0 Å². The van der Waals surface area contributed by atoms with Crippen LogP contribution in [0.2, 0.25) is 0 Å². The molecule has 114 valence electrons. The molecule has 21 heavy (non-hydrogen) atoms. The van der Waals surface area contributed by atoms with Crippen LogP contribution in [0.5, 0.6) is 5.88 Å². The van der Waals surface area contributed by atoms with Crippen LogP contribution < -0.4 is 10.1 Å². The molecule has 0 saturated carbocycles. The summed E-state index contributed by atoms with van der Waals surface area (Å²) in [5.74, 6) is -0.399. The number of methoxy groups -OCH3 is 1. The molecule has 2 unspecified atom stereocenters. The Kier molecular flexibility index (Phi) is 3.62. The molecule has 1 aromatic heterocycles. The van der Waals surface area contributed by atoms with Gasteiger partial charge in [0.05, 0.1) is 20.3 Å². The van der Waals surface area contributed by atoms with Crippen molar-refractivity contribution in [3.8, 4) is 5.88 Å². The summed E-state index contributed by atoms with van der Waals surface area (Å²) in [6.07, 6.45) is -0.510. The van der Waals surface area contributed by atoms with Crippen molar-refractivity contribution in [3.05, 3.63) is 29.5 Å². The Labute approximate surface area is 120 Å². The van der Waals surface area contributed by atoms with Gasteiger partial charge in [-0.05, 0) is 23.6 Å². The smallest absolute Gasteiger partial charge is 0.421 e. The van der Waals surface area contributed by atoms with E-state index in [-0.39, 0.29) is 12.1 Å². The van der Waals surface area contributed by atoms with Crippen molar-refractivity contribution in [2.45, 2.75) is 24.7 Å². The zero-order chi connectivity index (χ0) is 15.0. The second kappa shape index (κ2) is 5.31. The van der Waals surface area contributed by atoms with Crippen LogP contribution >= 0.6 is 0 Å². The van der Waals surface area contributed by atoms with E-state index in [9.17, 15) is 13.2 Å². The minimum absolute atomic E-state index is 0.0453. The molecule has 0 aromatic carbocycles. The molecule has 2 atom stereocenters. The van der Waals surface area contributed by atoms with Crippen LogP contribution in [-0.4, -0.2) is 37.4 Å². The molecule has 1 saturated heterocycles. The third kappa shape index (κ3) is 2.89. The molecular formula is C14H15F3N2O2. The summed E-state index contributed by atoms with van der Waals surface area (Å²) in [5, 5.41) is 3.35. The zero-order valence-corrected chi connectivity index (χ0v) is 11.4. The first kappa shape index (κ1) is 14.3. The molecular weight excluding hydrogens is 285 g/mol. The van der Waals surface area contributed by atoms with Crippen LogP contribution in [0, 0.1) is 0 Å².